The van der Waals surface area contributed by atoms with Gasteiger partial charge in [-0.1, -0.05) is 35.5 Å². The van der Waals surface area contributed by atoms with Crippen LogP contribution in [0.25, 0.3) is 22.7 Å². The third-order valence-electron chi connectivity index (χ3n) is 2.74. The molecule has 0 spiro atoms. The lowest BCUT2D eigenvalue weighted by atomic mass is 10.3. The number of H-pyrrole nitrogens is 1. The summed E-state index contributed by atoms with van der Waals surface area (Å²) in [5.41, 5.74) is 1.83. The Morgan fingerprint density at radius 1 is 1.26 bits per heavy atom. The molecule has 0 saturated carbocycles. The van der Waals surface area contributed by atoms with Gasteiger partial charge in [0.2, 0.25) is 11.0 Å². The van der Waals surface area contributed by atoms with Gasteiger partial charge in [0, 0.05) is 0 Å². The van der Waals surface area contributed by atoms with E-state index >= 15 is 0 Å². The molecule has 1 N–H and O–H groups in total. The second-order valence-corrected chi connectivity index (χ2v) is 5.36. The monoisotopic (exact) mass is 290 g/mol. The second kappa shape index (κ2) is 4.07. The number of fused-ring (bicyclic) bond motifs is 2. The van der Waals surface area contributed by atoms with Crippen molar-refractivity contribution in [2.45, 2.75) is 5.16 Å². The van der Waals surface area contributed by atoms with Crippen LogP contribution in [-0.4, -0.2) is 35.8 Å². The molecule has 19 heavy (non-hydrogen) atoms. The standard InChI is InChI=1S/C11H7ClN6S/c12-8-5-19-11-16-15-10(18(11)17-8)9-13-6-3-1-2-4-7(6)14-9/h1-4H,5H2,(H,13,14). The minimum atomic E-state index is 0.523. The number of aromatic nitrogens is 5. The average molecular weight is 291 g/mol. The summed E-state index contributed by atoms with van der Waals surface area (Å²) in [5.74, 6) is 1.83. The maximum absolute atomic E-state index is 5.96. The Morgan fingerprint density at radius 2 is 2.16 bits per heavy atom. The fourth-order valence-corrected chi connectivity index (χ4v) is 2.81. The molecule has 8 heteroatoms. The maximum Gasteiger partial charge on any atom is 0.221 e. The number of aromatic amines is 1. The SMILES string of the molecule is ClC1=Nn2c(nnc2-c2nc3ccccc3[nH]2)SC1. The summed E-state index contributed by atoms with van der Waals surface area (Å²) in [5, 5.41) is 13.7. The summed E-state index contributed by atoms with van der Waals surface area (Å²) in [7, 11) is 0. The second-order valence-electron chi connectivity index (χ2n) is 3.99. The summed E-state index contributed by atoms with van der Waals surface area (Å²) in [4.78, 5) is 7.69. The van der Waals surface area contributed by atoms with Crippen LogP contribution in [0.4, 0.5) is 0 Å². The van der Waals surface area contributed by atoms with Gasteiger partial charge in [-0.3, -0.25) is 0 Å². The number of nitrogens with zero attached hydrogens (tertiary/aromatic N) is 5. The van der Waals surface area contributed by atoms with Crippen molar-refractivity contribution >= 4 is 39.6 Å². The van der Waals surface area contributed by atoms with Crippen LogP contribution in [0.1, 0.15) is 0 Å². The van der Waals surface area contributed by atoms with Gasteiger partial charge in [0.1, 0.15) is 5.17 Å². The van der Waals surface area contributed by atoms with Crippen molar-refractivity contribution in [1.29, 1.82) is 0 Å². The van der Waals surface area contributed by atoms with Crippen LogP contribution in [0.5, 0.6) is 0 Å². The highest BCUT2D eigenvalue weighted by Crippen LogP contribution is 2.27. The molecule has 3 aromatic rings. The van der Waals surface area contributed by atoms with Crippen LogP contribution >= 0.6 is 23.4 Å². The van der Waals surface area contributed by atoms with Gasteiger partial charge < -0.3 is 4.98 Å². The summed E-state index contributed by atoms with van der Waals surface area (Å²) in [6, 6.07) is 7.80. The van der Waals surface area contributed by atoms with Crippen LogP contribution in [0, 0.1) is 0 Å². The lowest BCUT2D eigenvalue weighted by molar-refractivity contribution is 0.762. The first-order chi connectivity index (χ1) is 9.31. The molecule has 0 radical (unpaired) electrons. The fraction of sp³-hybridized carbons (Fsp3) is 0.0909. The Bertz CT molecular complexity index is 771. The van der Waals surface area contributed by atoms with Gasteiger partial charge in [0.05, 0.1) is 16.8 Å². The van der Waals surface area contributed by atoms with E-state index < -0.39 is 0 Å². The molecular weight excluding hydrogens is 284 g/mol. The van der Waals surface area contributed by atoms with Gasteiger partial charge in [-0.25, -0.2) is 4.98 Å². The quantitative estimate of drug-likeness (QED) is 0.746. The molecule has 1 aliphatic rings. The molecule has 0 amide bonds. The molecule has 0 atom stereocenters. The number of halogens is 1. The number of imidazole rings is 1. The van der Waals surface area contributed by atoms with Gasteiger partial charge in [0.25, 0.3) is 0 Å². The summed E-state index contributed by atoms with van der Waals surface area (Å²) in [6.45, 7) is 0. The molecule has 1 aliphatic heterocycles. The molecule has 0 unspecified atom stereocenters. The molecule has 4 rings (SSSR count). The van der Waals surface area contributed by atoms with Crippen LogP contribution in [0.15, 0.2) is 34.5 Å². The lowest BCUT2D eigenvalue weighted by Gasteiger charge is -2.07. The number of hydrogen-bond acceptors (Lipinski definition) is 5. The molecule has 0 fully saturated rings. The third kappa shape index (κ3) is 1.73. The van der Waals surface area contributed by atoms with Crippen molar-refractivity contribution in [3.05, 3.63) is 24.3 Å². The Hall–Kier alpha value is -1.86. The summed E-state index contributed by atoms with van der Waals surface area (Å²) < 4.78 is 1.62. The van der Waals surface area contributed by atoms with E-state index in [0.29, 0.717) is 22.6 Å². The van der Waals surface area contributed by atoms with E-state index in [9.17, 15) is 0 Å². The number of nitrogens with one attached hydrogen (secondary N) is 1. The van der Waals surface area contributed by atoms with Crippen molar-refractivity contribution in [3.8, 4) is 11.6 Å². The number of thioether (sulfide) groups is 1. The normalized spacial score (nSPS) is 14.5. The first kappa shape index (κ1) is 11.0. The number of rotatable bonds is 1. The highest BCUT2D eigenvalue weighted by Gasteiger charge is 2.20. The fourth-order valence-electron chi connectivity index (χ4n) is 1.91. The number of hydrogen-bond donors (Lipinski definition) is 1. The van der Waals surface area contributed by atoms with E-state index in [0.717, 1.165) is 16.2 Å². The first-order valence-electron chi connectivity index (χ1n) is 5.58. The molecular formula is C11H7ClN6S. The van der Waals surface area contributed by atoms with E-state index in [1.165, 1.54) is 11.8 Å². The Morgan fingerprint density at radius 3 is 3.05 bits per heavy atom. The van der Waals surface area contributed by atoms with Crippen molar-refractivity contribution in [3.63, 3.8) is 0 Å². The van der Waals surface area contributed by atoms with E-state index in [1.807, 2.05) is 24.3 Å². The molecule has 0 bridgehead atoms. The number of para-hydroxylation sites is 2. The molecule has 1 aromatic carbocycles. The molecule has 0 aliphatic carbocycles. The van der Waals surface area contributed by atoms with Crippen molar-refractivity contribution in [2.75, 3.05) is 5.75 Å². The van der Waals surface area contributed by atoms with Crippen molar-refractivity contribution in [1.82, 2.24) is 24.8 Å². The zero-order valence-electron chi connectivity index (χ0n) is 9.54. The maximum atomic E-state index is 5.96. The number of benzene rings is 1. The summed E-state index contributed by atoms with van der Waals surface area (Å²) >= 11 is 7.47. The van der Waals surface area contributed by atoms with E-state index in [4.69, 9.17) is 11.6 Å². The lowest BCUT2D eigenvalue weighted by Crippen LogP contribution is -2.07. The minimum Gasteiger partial charge on any atom is -0.335 e. The Labute approximate surface area is 116 Å². The van der Waals surface area contributed by atoms with Gasteiger partial charge in [0.15, 0.2) is 5.82 Å². The summed E-state index contributed by atoms with van der Waals surface area (Å²) in [6.07, 6.45) is 0. The highest BCUT2D eigenvalue weighted by molar-refractivity contribution is 8.00. The molecule has 6 nitrogen and oxygen atoms in total. The van der Waals surface area contributed by atoms with Crippen molar-refractivity contribution in [2.24, 2.45) is 5.10 Å². The topological polar surface area (TPSA) is 71.8 Å². The van der Waals surface area contributed by atoms with Crippen LogP contribution in [0.3, 0.4) is 0 Å². The largest absolute Gasteiger partial charge is 0.335 e. The Balaban J connectivity index is 1.92. The zero-order chi connectivity index (χ0) is 12.8. The predicted molar refractivity (Wildman–Crippen MR) is 74.5 cm³/mol. The van der Waals surface area contributed by atoms with E-state index in [2.05, 4.69) is 25.3 Å². The van der Waals surface area contributed by atoms with Gasteiger partial charge in [-0.05, 0) is 12.1 Å². The third-order valence-corrected chi connectivity index (χ3v) is 4.04. The van der Waals surface area contributed by atoms with Gasteiger partial charge in [-0.2, -0.15) is 9.78 Å². The van der Waals surface area contributed by atoms with Crippen LogP contribution in [-0.2, 0) is 0 Å². The Kier molecular flexibility index (Phi) is 2.36. The minimum absolute atomic E-state index is 0.523. The molecule has 3 heterocycles. The molecule has 0 saturated heterocycles. The van der Waals surface area contributed by atoms with Crippen LogP contribution < -0.4 is 0 Å². The smallest absolute Gasteiger partial charge is 0.221 e. The van der Waals surface area contributed by atoms with E-state index in [1.54, 1.807) is 4.68 Å². The average Bonchev–Trinajstić information content (AvgIpc) is 3.00. The molecule has 94 valence electrons. The van der Waals surface area contributed by atoms with Gasteiger partial charge >= 0.3 is 0 Å². The first-order valence-corrected chi connectivity index (χ1v) is 6.94. The molecule has 2 aromatic heterocycles. The van der Waals surface area contributed by atoms with Gasteiger partial charge in [-0.15, -0.1) is 10.2 Å². The zero-order valence-corrected chi connectivity index (χ0v) is 11.1. The highest BCUT2D eigenvalue weighted by atomic mass is 35.5. The van der Waals surface area contributed by atoms with Crippen LogP contribution in [0.2, 0.25) is 0 Å². The van der Waals surface area contributed by atoms with E-state index in [-0.39, 0.29) is 0 Å². The van der Waals surface area contributed by atoms with Crippen molar-refractivity contribution < 1.29 is 0 Å². The predicted octanol–water partition coefficient (Wildman–Crippen LogP) is 2.33.